The van der Waals surface area contributed by atoms with E-state index in [4.69, 9.17) is 20.9 Å². The summed E-state index contributed by atoms with van der Waals surface area (Å²) in [5.74, 6) is 0.960. The maximum absolute atomic E-state index is 6.19. The van der Waals surface area contributed by atoms with Crippen LogP contribution in [0.1, 0.15) is 48.5 Å². The molecule has 0 fully saturated rings. The number of hydrogen-bond acceptors (Lipinski definition) is 4. The zero-order chi connectivity index (χ0) is 13.7. The SMILES string of the molecule is CCCC(Cl)c1noc(C(OC)c2ccccc2)n1. The molecule has 0 spiro atoms. The van der Waals surface area contributed by atoms with E-state index in [1.165, 1.54) is 0 Å². The van der Waals surface area contributed by atoms with Gasteiger partial charge in [0, 0.05) is 7.11 Å². The van der Waals surface area contributed by atoms with Crippen molar-refractivity contribution in [1.29, 1.82) is 0 Å². The lowest BCUT2D eigenvalue weighted by atomic mass is 10.1. The summed E-state index contributed by atoms with van der Waals surface area (Å²) in [6.45, 7) is 2.07. The van der Waals surface area contributed by atoms with Crippen molar-refractivity contribution in [2.75, 3.05) is 7.11 Å². The van der Waals surface area contributed by atoms with Crippen LogP contribution in [-0.4, -0.2) is 17.3 Å². The average molecular weight is 281 g/mol. The monoisotopic (exact) mass is 280 g/mol. The molecule has 1 aromatic heterocycles. The molecule has 5 heteroatoms. The van der Waals surface area contributed by atoms with Gasteiger partial charge in [-0.25, -0.2) is 0 Å². The molecular formula is C14H17ClN2O2. The predicted octanol–water partition coefficient (Wildman–Crippen LogP) is 3.89. The standard InChI is InChI=1S/C14H17ClN2O2/c1-3-7-11(15)13-16-14(19-17-13)12(18-2)10-8-5-4-6-9-10/h4-6,8-9,11-12H,3,7H2,1-2H3. The molecule has 19 heavy (non-hydrogen) atoms. The lowest BCUT2D eigenvalue weighted by Crippen LogP contribution is -2.04. The summed E-state index contributed by atoms with van der Waals surface area (Å²) in [6, 6.07) is 9.76. The second-order valence-corrected chi connectivity index (χ2v) is 4.80. The molecule has 2 rings (SSSR count). The van der Waals surface area contributed by atoms with Gasteiger partial charge in [0.2, 0.25) is 0 Å². The van der Waals surface area contributed by atoms with E-state index >= 15 is 0 Å². The van der Waals surface area contributed by atoms with Crippen LogP contribution in [0.25, 0.3) is 0 Å². The largest absolute Gasteiger partial charge is 0.367 e. The lowest BCUT2D eigenvalue weighted by Gasteiger charge is -2.10. The van der Waals surface area contributed by atoms with E-state index in [1.807, 2.05) is 30.3 Å². The van der Waals surface area contributed by atoms with Crippen molar-refractivity contribution < 1.29 is 9.26 Å². The van der Waals surface area contributed by atoms with Gasteiger partial charge in [-0.3, -0.25) is 0 Å². The maximum atomic E-state index is 6.19. The molecule has 4 nitrogen and oxygen atoms in total. The fourth-order valence-electron chi connectivity index (χ4n) is 1.87. The first-order chi connectivity index (χ1) is 9.26. The molecule has 0 saturated heterocycles. The number of benzene rings is 1. The summed E-state index contributed by atoms with van der Waals surface area (Å²) >= 11 is 6.19. The molecule has 2 atom stereocenters. The minimum atomic E-state index is -0.354. The van der Waals surface area contributed by atoms with Crippen molar-refractivity contribution in [1.82, 2.24) is 10.1 Å². The van der Waals surface area contributed by atoms with Gasteiger partial charge in [0.15, 0.2) is 11.9 Å². The maximum Gasteiger partial charge on any atom is 0.260 e. The average Bonchev–Trinajstić information content (AvgIpc) is 2.91. The lowest BCUT2D eigenvalue weighted by molar-refractivity contribution is 0.105. The Morgan fingerprint density at radius 1 is 1.32 bits per heavy atom. The van der Waals surface area contributed by atoms with E-state index in [-0.39, 0.29) is 11.5 Å². The molecule has 0 radical (unpaired) electrons. The van der Waals surface area contributed by atoms with Crippen LogP contribution < -0.4 is 0 Å². The summed E-state index contributed by atoms with van der Waals surface area (Å²) in [6.07, 6.45) is 1.45. The van der Waals surface area contributed by atoms with Gasteiger partial charge < -0.3 is 9.26 Å². The number of halogens is 1. The summed E-state index contributed by atoms with van der Waals surface area (Å²) < 4.78 is 10.7. The summed E-state index contributed by atoms with van der Waals surface area (Å²) in [5.41, 5.74) is 0.974. The molecule has 0 N–H and O–H groups in total. The third-order valence-electron chi connectivity index (χ3n) is 2.84. The molecule has 102 valence electrons. The van der Waals surface area contributed by atoms with E-state index in [1.54, 1.807) is 7.11 Å². The Hall–Kier alpha value is -1.39. The highest BCUT2D eigenvalue weighted by Crippen LogP contribution is 2.27. The van der Waals surface area contributed by atoms with Crippen LogP contribution in [0.4, 0.5) is 0 Å². The highest BCUT2D eigenvalue weighted by atomic mass is 35.5. The summed E-state index contributed by atoms with van der Waals surface area (Å²) in [4.78, 5) is 4.34. The van der Waals surface area contributed by atoms with Crippen LogP contribution in [0.5, 0.6) is 0 Å². The number of hydrogen-bond donors (Lipinski definition) is 0. The first kappa shape index (κ1) is 14.0. The number of nitrogens with zero attached hydrogens (tertiary/aromatic N) is 2. The van der Waals surface area contributed by atoms with Gasteiger partial charge >= 0.3 is 0 Å². The highest BCUT2D eigenvalue weighted by molar-refractivity contribution is 6.20. The number of aromatic nitrogens is 2. The molecular weight excluding hydrogens is 264 g/mol. The van der Waals surface area contributed by atoms with Crippen molar-refractivity contribution in [3.8, 4) is 0 Å². The molecule has 0 saturated carbocycles. The zero-order valence-electron chi connectivity index (χ0n) is 11.0. The van der Waals surface area contributed by atoms with E-state index in [0.717, 1.165) is 18.4 Å². The zero-order valence-corrected chi connectivity index (χ0v) is 11.8. The van der Waals surface area contributed by atoms with E-state index in [9.17, 15) is 0 Å². The van der Waals surface area contributed by atoms with Gasteiger partial charge in [0.25, 0.3) is 5.89 Å². The first-order valence-corrected chi connectivity index (χ1v) is 6.75. The third-order valence-corrected chi connectivity index (χ3v) is 3.26. The summed E-state index contributed by atoms with van der Waals surface area (Å²) in [5, 5.41) is 3.72. The van der Waals surface area contributed by atoms with Crippen LogP contribution in [0.15, 0.2) is 34.9 Å². The highest BCUT2D eigenvalue weighted by Gasteiger charge is 2.22. The van der Waals surface area contributed by atoms with Gasteiger partial charge in [0.1, 0.15) is 0 Å². The molecule has 0 aliphatic rings. The molecule has 2 unspecified atom stereocenters. The molecule has 0 bridgehead atoms. The van der Waals surface area contributed by atoms with Crippen molar-refractivity contribution in [2.45, 2.75) is 31.2 Å². The Bertz CT molecular complexity index is 501. The molecule has 2 aromatic rings. The van der Waals surface area contributed by atoms with Crippen molar-refractivity contribution in [2.24, 2.45) is 0 Å². The number of alkyl halides is 1. The molecule has 1 heterocycles. The predicted molar refractivity (Wildman–Crippen MR) is 73.1 cm³/mol. The van der Waals surface area contributed by atoms with E-state index < -0.39 is 0 Å². The van der Waals surface area contributed by atoms with Crippen LogP contribution in [0.2, 0.25) is 0 Å². The van der Waals surface area contributed by atoms with Crippen LogP contribution >= 0.6 is 11.6 Å². The minimum absolute atomic E-state index is 0.212. The van der Waals surface area contributed by atoms with Gasteiger partial charge in [-0.2, -0.15) is 4.98 Å². The number of ether oxygens (including phenoxy) is 1. The van der Waals surface area contributed by atoms with Gasteiger partial charge in [-0.05, 0) is 12.0 Å². The van der Waals surface area contributed by atoms with E-state index in [2.05, 4.69) is 17.1 Å². The Labute approximate surface area is 117 Å². The minimum Gasteiger partial charge on any atom is -0.367 e. The van der Waals surface area contributed by atoms with Crippen molar-refractivity contribution in [3.05, 3.63) is 47.6 Å². The van der Waals surface area contributed by atoms with Gasteiger partial charge in [0.05, 0.1) is 5.38 Å². The molecule has 0 aliphatic carbocycles. The van der Waals surface area contributed by atoms with Gasteiger partial charge in [-0.15, -0.1) is 11.6 Å². The Morgan fingerprint density at radius 2 is 2.05 bits per heavy atom. The Balaban J connectivity index is 2.21. The number of rotatable bonds is 6. The molecule has 1 aromatic carbocycles. The second kappa shape index (κ2) is 6.68. The fraction of sp³-hybridized carbons (Fsp3) is 0.429. The Kier molecular flexibility index (Phi) is 4.93. The molecule has 0 aliphatic heterocycles. The van der Waals surface area contributed by atoms with Crippen LogP contribution in [0, 0.1) is 0 Å². The van der Waals surface area contributed by atoms with Crippen molar-refractivity contribution in [3.63, 3.8) is 0 Å². The number of methoxy groups -OCH3 is 1. The van der Waals surface area contributed by atoms with Crippen LogP contribution in [-0.2, 0) is 4.74 Å². The fourth-order valence-corrected chi connectivity index (χ4v) is 2.18. The molecule has 0 amide bonds. The van der Waals surface area contributed by atoms with Crippen LogP contribution in [0.3, 0.4) is 0 Å². The Morgan fingerprint density at radius 3 is 2.68 bits per heavy atom. The smallest absolute Gasteiger partial charge is 0.260 e. The summed E-state index contributed by atoms with van der Waals surface area (Å²) in [7, 11) is 1.62. The normalized spacial score (nSPS) is 14.3. The third kappa shape index (κ3) is 3.33. The van der Waals surface area contributed by atoms with Crippen molar-refractivity contribution >= 4 is 11.6 Å². The second-order valence-electron chi connectivity index (χ2n) is 4.27. The van der Waals surface area contributed by atoms with Gasteiger partial charge in [-0.1, -0.05) is 48.8 Å². The first-order valence-electron chi connectivity index (χ1n) is 6.31. The topological polar surface area (TPSA) is 48.2 Å². The quantitative estimate of drug-likeness (QED) is 0.753. The van der Waals surface area contributed by atoms with E-state index in [0.29, 0.717) is 11.7 Å².